The molecular formula is C20H22N2O4. The summed E-state index contributed by atoms with van der Waals surface area (Å²) in [6.07, 6.45) is 0.258. The van der Waals surface area contributed by atoms with Crippen molar-refractivity contribution in [3.63, 3.8) is 0 Å². The molecule has 0 bridgehead atoms. The van der Waals surface area contributed by atoms with Crippen LogP contribution in [0.4, 0.5) is 0 Å². The number of benzene rings is 2. The van der Waals surface area contributed by atoms with Crippen molar-refractivity contribution in [1.82, 2.24) is 10.2 Å². The van der Waals surface area contributed by atoms with Crippen molar-refractivity contribution < 1.29 is 19.4 Å². The number of phenols is 1. The van der Waals surface area contributed by atoms with Gasteiger partial charge in [-0.2, -0.15) is 0 Å². The molecule has 6 nitrogen and oxygen atoms in total. The van der Waals surface area contributed by atoms with Crippen LogP contribution in [0.1, 0.15) is 16.7 Å². The lowest BCUT2D eigenvalue weighted by atomic mass is 10.0. The minimum atomic E-state index is -0.116. The van der Waals surface area contributed by atoms with Gasteiger partial charge in [-0.3, -0.25) is 9.59 Å². The normalized spacial score (nSPS) is 14.1. The summed E-state index contributed by atoms with van der Waals surface area (Å²) >= 11 is 0. The number of hydrogen-bond donors (Lipinski definition) is 2. The Labute approximate surface area is 152 Å². The van der Waals surface area contributed by atoms with E-state index in [1.807, 2.05) is 26.0 Å². The zero-order valence-electron chi connectivity index (χ0n) is 14.9. The van der Waals surface area contributed by atoms with Gasteiger partial charge >= 0.3 is 0 Å². The van der Waals surface area contributed by atoms with Gasteiger partial charge in [-0.15, -0.1) is 0 Å². The number of piperazine rings is 1. The monoisotopic (exact) mass is 354 g/mol. The number of aryl methyl sites for hydroxylation is 2. The van der Waals surface area contributed by atoms with Crippen molar-refractivity contribution in [2.45, 2.75) is 20.3 Å². The Morgan fingerprint density at radius 2 is 1.85 bits per heavy atom. The van der Waals surface area contributed by atoms with Crippen LogP contribution in [-0.2, 0) is 16.0 Å². The van der Waals surface area contributed by atoms with Gasteiger partial charge in [0.2, 0.25) is 11.8 Å². The lowest BCUT2D eigenvalue weighted by Gasteiger charge is -2.26. The Bertz CT molecular complexity index is 807. The molecule has 0 saturated carbocycles. The van der Waals surface area contributed by atoms with E-state index in [0.717, 1.165) is 22.4 Å². The average molecular weight is 354 g/mol. The van der Waals surface area contributed by atoms with E-state index in [-0.39, 0.29) is 30.5 Å². The lowest BCUT2D eigenvalue weighted by molar-refractivity contribution is -0.137. The number of aromatic hydroxyl groups is 1. The average Bonchev–Trinajstić information content (AvgIpc) is 2.60. The summed E-state index contributed by atoms with van der Waals surface area (Å²) in [7, 11) is 0. The first kappa shape index (κ1) is 17.8. The number of phenolic OH excluding ortho intramolecular Hbond substituents is 1. The summed E-state index contributed by atoms with van der Waals surface area (Å²) in [6, 6.07) is 10.4. The van der Waals surface area contributed by atoms with Gasteiger partial charge in [0.15, 0.2) is 0 Å². The third kappa shape index (κ3) is 4.14. The van der Waals surface area contributed by atoms with Gasteiger partial charge in [0, 0.05) is 13.1 Å². The van der Waals surface area contributed by atoms with E-state index in [2.05, 4.69) is 5.32 Å². The van der Waals surface area contributed by atoms with Crippen molar-refractivity contribution in [1.29, 1.82) is 0 Å². The molecule has 1 fully saturated rings. The first-order valence-corrected chi connectivity index (χ1v) is 8.54. The lowest BCUT2D eigenvalue weighted by Crippen LogP contribution is -2.50. The number of amides is 2. The Morgan fingerprint density at radius 3 is 2.46 bits per heavy atom. The van der Waals surface area contributed by atoms with Crippen molar-refractivity contribution >= 4 is 11.8 Å². The van der Waals surface area contributed by atoms with Crippen LogP contribution in [-0.4, -0.2) is 41.5 Å². The summed E-state index contributed by atoms with van der Waals surface area (Å²) in [5.74, 6) is 1.40. The van der Waals surface area contributed by atoms with E-state index >= 15 is 0 Å². The molecule has 26 heavy (non-hydrogen) atoms. The second-order valence-corrected chi connectivity index (χ2v) is 6.50. The molecule has 0 spiro atoms. The van der Waals surface area contributed by atoms with E-state index in [1.165, 1.54) is 0 Å². The maximum Gasteiger partial charge on any atom is 0.239 e. The fourth-order valence-electron chi connectivity index (χ4n) is 3.07. The third-order valence-electron chi connectivity index (χ3n) is 4.32. The Hall–Kier alpha value is -3.02. The van der Waals surface area contributed by atoms with E-state index in [9.17, 15) is 14.7 Å². The highest BCUT2D eigenvalue weighted by Gasteiger charge is 2.21. The molecule has 0 atom stereocenters. The van der Waals surface area contributed by atoms with Crippen LogP contribution in [0.3, 0.4) is 0 Å². The first-order valence-electron chi connectivity index (χ1n) is 8.54. The Morgan fingerprint density at radius 1 is 1.19 bits per heavy atom. The van der Waals surface area contributed by atoms with Crippen LogP contribution in [0.5, 0.6) is 17.2 Å². The van der Waals surface area contributed by atoms with Gasteiger partial charge in [0.1, 0.15) is 17.2 Å². The number of hydrogen-bond acceptors (Lipinski definition) is 4. The summed E-state index contributed by atoms with van der Waals surface area (Å²) < 4.78 is 5.93. The van der Waals surface area contributed by atoms with Gasteiger partial charge < -0.3 is 20.1 Å². The predicted octanol–water partition coefficient (Wildman–Crippen LogP) is 2.30. The van der Waals surface area contributed by atoms with Gasteiger partial charge in [-0.25, -0.2) is 0 Å². The molecule has 2 amide bonds. The number of carbonyl (C=O) groups excluding carboxylic acids is 2. The van der Waals surface area contributed by atoms with Crippen molar-refractivity contribution in [2.75, 3.05) is 19.6 Å². The highest BCUT2D eigenvalue weighted by Crippen LogP contribution is 2.30. The molecule has 2 aromatic carbocycles. The fourth-order valence-corrected chi connectivity index (χ4v) is 3.07. The molecule has 1 heterocycles. The number of carbonyl (C=O) groups is 2. The standard InChI is InChI=1S/C20H22N2O4/c1-13-9-15(11-19(25)22-8-7-21-18(24)12-22)10-14(2)20(13)26-17-5-3-16(23)4-6-17/h3-6,9-10,23H,7-8,11-12H2,1-2H3,(H,21,24). The van der Waals surface area contributed by atoms with Crippen LogP contribution < -0.4 is 10.1 Å². The summed E-state index contributed by atoms with van der Waals surface area (Å²) in [5, 5.41) is 12.1. The molecule has 3 rings (SSSR count). The van der Waals surface area contributed by atoms with Gasteiger partial charge in [-0.05, 0) is 54.8 Å². The molecule has 2 aromatic rings. The SMILES string of the molecule is Cc1cc(CC(=O)N2CCNC(=O)C2)cc(C)c1Oc1ccc(O)cc1. The Kier molecular flexibility index (Phi) is 5.11. The van der Waals surface area contributed by atoms with Gasteiger partial charge in [0.25, 0.3) is 0 Å². The third-order valence-corrected chi connectivity index (χ3v) is 4.32. The van der Waals surface area contributed by atoms with Crippen LogP contribution >= 0.6 is 0 Å². The minimum absolute atomic E-state index is 0.0501. The number of nitrogens with zero attached hydrogens (tertiary/aromatic N) is 1. The summed E-state index contributed by atoms with van der Waals surface area (Å²) in [4.78, 5) is 25.5. The highest BCUT2D eigenvalue weighted by atomic mass is 16.5. The van der Waals surface area contributed by atoms with Gasteiger partial charge in [0.05, 0.1) is 13.0 Å². The molecule has 0 radical (unpaired) electrons. The van der Waals surface area contributed by atoms with E-state index in [4.69, 9.17) is 4.74 Å². The fraction of sp³-hybridized carbons (Fsp3) is 0.300. The summed E-state index contributed by atoms with van der Waals surface area (Å²) in [5.41, 5.74) is 2.75. The molecule has 2 N–H and O–H groups in total. The second kappa shape index (κ2) is 7.47. The largest absolute Gasteiger partial charge is 0.508 e. The van der Waals surface area contributed by atoms with Crippen LogP contribution in [0.2, 0.25) is 0 Å². The molecule has 136 valence electrons. The van der Waals surface area contributed by atoms with Gasteiger partial charge in [-0.1, -0.05) is 12.1 Å². The van der Waals surface area contributed by atoms with Crippen LogP contribution in [0.15, 0.2) is 36.4 Å². The first-order chi connectivity index (χ1) is 12.4. The molecule has 1 saturated heterocycles. The minimum Gasteiger partial charge on any atom is -0.508 e. The van der Waals surface area contributed by atoms with E-state index in [0.29, 0.717) is 18.8 Å². The van der Waals surface area contributed by atoms with Crippen molar-refractivity contribution in [3.8, 4) is 17.2 Å². The maximum atomic E-state index is 12.4. The van der Waals surface area contributed by atoms with Crippen LogP contribution in [0, 0.1) is 13.8 Å². The van der Waals surface area contributed by atoms with Crippen molar-refractivity contribution in [2.24, 2.45) is 0 Å². The number of rotatable bonds is 4. The topological polar surface area (TPSA) is 78.9 Å². The Balaban J connectivity index is 1.73. The van der Waals surface area contributed by atoms with Crippen molar-refractivity contribution in [3.05, 3.63) is 53.1 Å². The predicted molar refractivity (Wildman–Crippen MR) is 97.4 cm³/mol. The highest BCUT2D eigenvalue weighted by molar-refractivity contribution is 5.87. The second-order valence-electron chi connectivity index (χ2n) is 6.50. The molecule has 1 aliphatic heterocycles. The molecular weight excluding hydrogens is 332 g/mol. The molecule has 1 aliphatic rings. The summed E-state index contributed by atoms with van der Waals surface area (Å²) in [6.45, 7) is 5.04. The van der Waals surface area contributed by atoms with E-state index in [1.54, 1.807) is 29.2 Å². The quantitative estimate of drug-likeness (QED) is 0.883. The zero-order chi connectivity index (χ0) is 18.7. The maximum absolute atomic E-state index is 12.4. The smallest absolute Gasteiger partial charge is 0.239 e. The number of nitrogens with one attached hydrogen (secondary N) is 1. The zero-order valence-corrected chi connectivity index (χ0v) is 14.9. The van der Waals surface area contributed by atoms with E-state index < -0.39 is 0 Å². The molecule has 0 aliphatic carbocycles. The van der Waals surface area contributed by atoms with Crippen LogP contribution in [0.25, 0.3) is 0 Å². The molecule has 0 unspecified atom stereocenters. The number of ether oxygens (including phenoxy) is 1. The molecule has 0 aromatic heterocycles. The molecule has 6 heteroatoms.